The van der Waals surface area contributed by atoms with E-state index in [1.807, 2.05) is 32.0 Å². The maximum absolute atomic E-state index is 13.6. The van der Waals surface area contributed by atoms with Crippen LogP contribution in [0, 0.1) is 6.92 Å². The van der Waals surface area contributed by atoms with E-state index in [1.54, 1.807) is 39.8 Å². The summed E-state index contributed by atoms with van der Waals surface area (Å²) in [6.07, 6.45) is 0.825. The van der Waals surface area contributed by atoms with Crippen molar-refractivity contribution in [2.75, 3.05) is 26.2 Å². The Kier molecular flexibility index (Phi) is 8.38. The number of hydrogen-bond acceptors (Lipinski definition) is 6. The Morgan fingerprint density at radius 1 is 1.09 bits per heavy atom. The quantitative estimate of drug-likeness (QED) is 0.313. The maximum atomic E-state index is 13.6. The molecule has 0 saturated carbocycles. The first kappa shape index (κ1) is 31.1. The standard InChI is InChI=1S/C32H33Cl2N5O6/c1-19-13-23(7-8-24(19)26-16-45-20(2)15-38(26)31(42)43)39-27(34)14-25-28(39)35-18-37(30(25)41)17-32(44)9-11-36(12-10-32)29(40)21-3-5-22(33)6-4-21/h3-8,13-14,18,20,26,44H,9-12,15-17H2,1-2H3,(H,42,43)/t20-,26-/m1/s1. The molecule has 2 aliphatic rings. The molecule has 0 radical (unpaired) electrons. The Balaban J connectivity index is 1.21. The zero-order chi connectivity index (χ0) is 32.0. The number of aryl methyl sites for hydroxylation is 1. The van der Waals surface area contributed by atoms with Gasteiger partial charge in [0.15, 0.2) is 5.65 Å². The Hall–Kier alpha value is -3.90. The Bertz CT molecular complexity index is 1830. The van der Waals surface area contributed by atoms with Gasteiger partial charge in [0.1, 0.15) is 11.5 Å². The first-order chi connectivity index (χ1) is 21.4. The molecule has 45 heavy (non-hydrogen) atoms. The lowest BCUT2D eigenvalue weighted by Crippen LogP contribution is -2.49. The summed E-state index contributed by atoms with van der Waals surface area (Å²) in [4.78, 5) is 46.0. The molecule has 13 heteroatoms. The van der Waals surface area contributed by atoms with E-state index in [4.69, 9.17) is 27.9 Å². The predicted molar refractivity (Wildman–Crippen MR) is 170 cm³/mol. The van der Waals surface area contributed by atoms with Crippen molar-refractivity contribution < 1.29 is 24.5 Å². The van der Waals surface area contributed by atoms with Crippen LogP contribution in [0.2, 0.25) is 10.2 Å². The second-order valence-electron chi connectivity index (χ2n) is 11.9. The number of carbonyl (C=O) groups excluding carboxylic acids is 1. The van der Waals surface area contributed by atoms with Gasteiger partial charge in [-0.05, 0) is 80.3 Å². The van der Waals surface area contributed by atoms with Crippen LogP contribution in [-0.4, -0.2) is 84.1 Å². The summed E-state index contributed by atoms with van der Waals surface area (Å²) in [6, 6.07) is 13.4. The molecule has 2 atom stereocenters. The van der Waals surface area contributed by atoms with Crippen molar-refractivity contribution in [3.8, 4) is 5.69 Å². The number of amides is 2. The molecule has 0 unspecified atom stereocenters. The van der Waals surface area contributed by atoms with Crippen LogP contribution < -0.4 is 5.56 Å². The Morgan fingerprint density at radius 2 is 1.80 bits per heavy atom. The zero-order valence-corrected chi connectivity index (χ0v) is 26.3. The minimum absolute atomic E-state index is 0.0243. The molecule has 2 aliphatic heterocycles. The molecule has 0 spiro atoms. The molecule has 2 aromatic heterocycles. The van der Waals surface area contributed by atoms with E-state index in [0.717, 1.165) is 11.1 Å². The minimum atomic E-state index is -1.19. The minimum Gasteiger partial charge on any atom is -0.465 e. The highest BCUT2D eigenvalue weighted by atomic mass is 35.5. The molecule has 2 fully saturated rings. The van der Waals surface area contributed by atoms with Gasteiger partial charge in [0.2, 0.25) is 0 Å². The average Bonchev–Trinajstić information content (AvgIpc) is 3.35. The van der Waals surface area contributed by atoms with Crippen molar-refractivity contribution >= 4 is 46.2 Å². The van der Waals surface area contributed by atoms with Gasteiger partial charge < -0.3 is 19.8 Å². The molecule has 11 nitrogen and oxygen atoms in total. The third-order valence-electron chi connectivity index (χ3n) is 8.76. The number of fused-ring (bicyclic) bond motifs is 1. The monoisotopic (exact) mass is 653 g/mol. The highest BCUT2D eigenvalue weighted by molar-refractivity contribution is 6.31. The third-order valence-corrected chi connectivity index (χ3v) is 9.29. The number of piperidine rings is 1. The van der Waals surface area contributed by atoms with Crippen molar-refractivity contribution in [2.45, 2.75) is 51.0 Å². The van der Waals surface area contributed by atoms with Gasteiger partial charge in [-0.25, -0.2) is 9.78 Å². The number of aromatic nitrogens is 3. The Morgan fingerprint density at radius 3 is 2.47 bits per heavy atom. The zero-order valence-electron chi connectivity index (χ0n) is 24.8. The molecule has 2 amide bonds. The van der Waals surface area contributed by atoms with Crippen molar-refractivity contribution in [1.82, 2.24) is 23.9 Å². The second-order valence-corrected chi connectivity index (χ2v) is 12.7. The topological polar surface area (TPSA) is 130 Å². The SMILES string of the molecule is Cc1cc(-n2c(Cl)cc3c(=O)n(CC4(O)CCN(C(=O)c5ccc(Cl)cc5)CC4)cnc32)ccc1[C@H]1CO[C@H](C)CN1C(=O)O. The first-order valence-corrected chi connectivity index (χ1v) is 15.5. The second kappa shape index (κ2) is 12.1. The van der Waals surface area contributed by atoms with Crippen LogP contribution in [0.3, 0.4) is 0 Å². The third kappa shape index (κ3) is 6.05. The number of halogens is 2. The summed E-state index contributed by atoms with van der Waals surface area (Å²) in [5, 5.41) is 22.3. The van der Waals surface area contributed by atoms with Crippen molar-refractivity contribution in [3.63, 3.8) is 0 Å². The van der Waals surface area contributed by atoms with Crippen LogP contribution in [-0.2, 0) is 11.3 Å². The van der Waals surface area contributed by atoms with Crippen LogP contribution in [0.25, 0.3) is 16.7 Å². The molecular formula is C32H33Cl2N5O6. The van der Waals surface area contributed by atoms with Crippen LogP contribution >= 0.6 is 23.2 Å². The van der Waals surface area contributed by atoms with Crippen LogP contribution in [0.15, 0.2) is 59.7 Å². The van der Waals surface area contributed by atoms with E-state index in [9.17, 15) is 24.6 Å². The van der Waals surface area contributed by atoms with Crippen molar-refractivity contribution in [2.24, 2.45) is 0 Å². The van der Waals surface area contributed by atoms with Crippen molar-refractivity contribution in [1.29, 1.82) is 0 Å². The lowest BCUT2D eigenvalue weighted by Gasteiger charge is -2.38. The molecule has 2 aromatic carbocycles. The lowest BCUT2D eigenvalue weighted by molar-refractivity contribution is -0.0466. The Labute approximate surface area is 269 Å². The number of hydrogen-bond donors (Lipinski definition) is 2. The predicted octanol–water partition coefficient (Wildman–Crippen LogP) is 4.91. The summed E-state index contributed by atoms with van der Waals surface area (Å²) in [7, 11) is 0. The number of morpholine rings is 1. The molecule has 0 bridgehead atoms. The number of benzene rings is 2. The average molecular weight is 655 g/mol. The number of likely N-dealkylation sites (tertiary alicyclic amines) is 1. The van der Waals surface area contributed by atoms with E-state index in [1.165, 1.54) is 15.8 Å². The van der Waals surface area contributed by atoms with Gasteiger partial charge in [-0.15, -0.1) is 0 Å². The van der Waals surface area contributed by atoms with Gasteiger partial charge in [-0.1, -0.05) is 29.3 Å². The molecule has 4 heterocycles. The largest absolute Gasteiger partial charge is 0.465 e. The van der Waals surface area contributed by atoms with Gasteiger partial charge in [0, 0.05) is 29.4 Å². The molecule has 2 saturated heterocycles. The summed E-state index contributed by atoms with van der Waals surface area (Å²) < 4.78 is 8.82. The number of nitrogens with zero attached hydrogens (tertiary/aromatic N) is 5. The fraction of sp³-hybridized carbons (Fsp3) is 0.375. The normalized spacial score (nSPS) is 20.0. The van der Waals surface area contributed by atoms with E-state index in [2.05, 4.69) is 4.98 Å². The van der Waals surface area contributed by atoms with E-state index >= 15 is 0 Å². The van der Waals surface area contributed by atoms with E-state index in [0.29, 0.717) is 53.2 Å². The van der Waals surface area contributed by atoms with Gasteiger partial charge in [0.05, 0.1) is 42.8 Å². The molecule has 4 aromatic rings. The maximum Gasteiger partial charge on any atom is 0.407 e. The molecule has 6 rings (SSSR count). The highest BCUT2D eigenvalue weighted by Gasteiger charge is 2.36. The van der Waals surface area contributed by atoms with Crippen LogP contribution in [0.1, 0.15) is 47.3 Å². The summed E-state index contributed by atoms with van der Waals surface area (Å²) >= 11 is 12.6. The van der Waals surface area contributed by atoms with Gasteiger partial charge >= 0.3 is 6.09 Å². The smallest absolute Gasteiger partial charge is 0.407 e. The van der Waals surface area contributed by atoms with Gasteiger partial charge in [-0.2, -0.15) is 0 Å². The first-order valence-electron chi connectivity index (χ1n) is 14.7. The lowest BCUT2D eigenvalue weighted by atomic mass is 9.91. The number of rotatable bonds is 5. The van der Waals surface area contributed by atoms with E-state index < -0.39 is 17.7 Å². The molecular weight excluding hydrogens is 621 g/mol. The molecule has 236 valence electrons. The van der Waals surface area contributed by atoms with Gasteiger partial charge in [-0.3, -0.25) is 23.6 Å². The molecule has 2 N–H and O–H groups in total. The summed E-state index contributed by atoms with van der Waals surface area (Å²) in [6.45, 7) is 4.98. The number of ether oxygens (including phenoxy) is 1. The number of carboxylic acid groups (broad SMARTS) is 1. The van der Waals surface area contributed by atoms with Crippen LogP contribution in [0.4, 0.5) is 4.79 Å². The fourth-order valence-corrected chi connectivity index (χ4v) is 6.68. The number of carbonyl (C=O) groups is 2. The summed E-state index contributed by atoms with van der Waals surface area (Å²) in [5.74, 6) is -0.130. The highest BCUT2D eigenvalue weighted by Crippen LogP contribution is 2.32. The fourth-order valence-electron chi connectivity index (χ4n) is 6.26. The molecule has 0 aliphatic carbocycles. The van der Waals surface area contributed by atoms with Gasteiger partial charge in [0.25, 0.3) is 11.5 Å². The number of aliphatic hydroxyl groups is 1. The van der Waals surface area contributed by atoms with E-state index in [-0.39, 0.29) is 42.4 Å². The van der Waals surface area contributed by atoms with Crippen molar-refractivity contribution in [3.05, 3.63) is 92.1 Å². The van der Waals surface area contributed by atoms with Crippen LogP contribution in [0.5, 0.6) is 0 Å². The summed E-state index contributed by atoms with van der Waals surface area (Å²) in [5.41, 5.74) is 1.70.